The molecule has 480 valence electrons. The van der Waals surface area contributed by atoms with Crippen LogP contribution in [0.3, 0.4) is 0 Å². The minimum atomic E-state index is -0.571. The fourth-order valence-electron chi connectivity index (χ4n) is 13.0. The molecule has 0 radical (unpaired) electrons. The Hall–Kier alpha value is -8.36. The van der Waals surface area contributed by atoms with Crippen LogP contribution >= 0.6 is 37.2 Å². The second-order valence-corrected chi connectivity index (χ2v) is 25.6. The zero-order valence-electron chi connectivity index (χ0n) is 53.0. The van der Waals surface area contributed by atoms with Crippen molar-refractivity contribution in [1.82, 2.24) is 44.4 Å². The summed E-state index contributed by atoms with van der Waals surface area (Å²) in [5.74, 6) is 2.18. The molecule has 2 saturated carbocycles. The molecule has 7 N–H and O–H groups in total. The molecule has 92 heavy (non-hydrogen) atoms. The van der Waals surface area contributed by atoms with Crippen molar-refractivity contribution in [2.24, 2.45) is 5.73 Å². The molecule has 14 rings (SSSR count). The van der Waals surface area contributed by atoms with Crippen molar-refractivity contribution in [3.8, 4) is 56.7 Å². The highest BCUT2D eigenvalue weighted by Crippen LogP contribution is 2.43. The Kier molecular flexibility index (Phi) is 19.6. The smallest absolute Gasteiger partial charge is 0.408 e. The average Bonchev–Trinajstić information content (AvgIpc) is 1.45. The molecule has 8 heterocycles. The predicted octanol–water partition coefficient (Wildman–Crippen LogP) is 14.2. The Morgan fingerprint density at radius 2 is 0.957 bits per heavy atom. The normalized spacial score (nSPS) is 19.0. The first-order valence-electron chi connectivity index (χ1n) is 31.1. The van der Waals surface area contributed by atoms with Gasteiger partial charge in [0.1, 0.15) is 28.3 Å². The zero-order valence-corrected chi connectivity index (χ0v) is 55.4. The number of benzene rings is 4. The van der Waals surface area contributed by atoms with Gasteiger partial charge in [-0.1, -0.05) is 48.5 Å². The number of aromatic nitrogens is 8. The average molecular weight is 1300 g/mol. The quantitative estimate of drug-likeness (QED) is 0.0944. The van der Waals surface area contributed by atoms with E-state index >= 15 is 0 Å². The van der Waals surface area contributed by atoms with Gasteiger partial charge in [0.25, 0.3) is 0 Å². The van der Waals surface area contributed by atoms with Gasteiger partial charge in [0.2, 0.25) is 0 Å². The lowest BCUT2D eigenvalue weighted by molar-refractivity contribution is -0.00548. The molecule has 0 unspecified atom stereocenters. The van der Waals surface area contributed by atoms with Crippen LogP contribution in [0.4, 0.5) is 27.8 Å². The number of alkyl carbamates (subject to hydrolysis) is 1. The number of morpholine rings is 2. The molecule has 1 amide bonds. The largest absolute Gasteiger partial charge is 0.444 e. The van der Waals surface area contributed by atoms with Crippen LogP contribution in [0, 0.1) is 0 Å². The Balaban J connectivity index is 0.000000197. The summed E-state index contributed by atoms with van der Waals surface area (Å²) < 4.78 is 21.6. The maximum atomic E-state index is 12.8. The van der Waals surface area contributed by atoms with E-state index in [0.29, 0.717) is 28.9 Å². The van der Waals surface area contributed by atoms with Crippen molar-refractivity contribution < 1.29 is 19.0 Å². The van der Waals surface area contributed by atoms with E-state index in [1.165, 1.54) is 12.1 Å². The number of nitrogen functional groups attached to an aromatic ring is 2. The number of hydrogen-bond donors (Lipinski definition) is 4. The summed E-state index contributed by atoms with van der Waals surface area (Å²) in [6.07, 6.45) is 9.62. The summed E-state index contributed by atoms with van der Waals surface area (Å²) in [4.78, 5) is 46.6. The van der Waals surface area contributed by atoms with Crippen LogP contribution in [0.1, 0.15) is 98.1 Å². The summed E-state index contributed by atoms with van der Waals surface area (Å²) >= 11 is 0. The number of anilines is 4. The molecule has 4 fully saturated rings. The highest BCUT2D eigenvalue weighted by Gasteiger charge is 2.41. The number of fused-ring (bicyclic) bond motifs is 2. The molecule has 0 spiro atoms. The monoisotopic (exact) mass is 1300 g/mol. The van der Waals surface area contributed by atoms with E-state index in [0.717, 1.165) is 137 Å². The highest BCUT2D eigenvalue weighted by atomic mass is 35.5. The summed E-state index contributed by atoms with van der Waals surface area (Å²) in [6, 6.07) is 49.6. The van der Waals surface area contributed by atoms with Gasteiger partial charge in [0.05, 0.1) is 52.5 Å². The van der Waals surface area contributed by atoms with Crippen molar-refractivity contribution in [1.29, 1.82) is 0 Å². The van der Waals surface area contributed by atoms with Crippen LogP contribution in [0.15, 0.2) is 158 Å². The third kappa shape index (κ3) is 13.6. The lowest BCUT2D eigenvalue weighted by atomic mass is 9.72. The number of rotatable bonds is 11. The fourth-order valence-corrected chi connectivity index (χ4v) is 13.0. The Morgan fingerprint density at radius 1 is 0.533 bits per heavy atom. The summed E-state index contributed by atoms with van der Waals surface area (Å²) in [5.41, 5.74) is 32.8. The predicted molar refractivity (Wildman–Crippen MR) is 375 cm³/mol. The van der Waals surface area contributed by atoms with E-state index in [1.54, 1.807) is 12.4 Å². The fraction of sp³-hybridized carbons (Fsp3) is 0.338. The van der Waals surface area contributed by atoms with Crippen LogP contribution in [-0.4, -0.2) is 101 Å². The highest BCUT2D eigenvalue weighted by molar-refractivity contribution is 5.87. The van der Waals surface area contributed by atoms with Gasteiger partial charge in [-0.05, 0) is 195 Å². The zero-order chi connectivity index (χ0) is 61.8. The molecule has 4 aromatic carbocycles. The molecule has 21 heteroatoms. The van der Waals surface area contributed by atoms with E-state index in [9.17, 15) is 4.79 Å². The van der Waals surface area contributed by atoms with Crippen molar-refractivity contribution >= 4 is 88.7 Å². The number of hydrogen-bond acceptors (Lipinski definition) is 15. The van der Waals surface area contributed by atoms with Crippen molar-refractivity contribution in [3.05, 3.63) is 169 Å². The van der Waals surface area contributed by atoms with E-state index in [4.69, 9.17) is 51.3 Å². The van der Waals surface area contributed by atoms with Gasteiger partial charge in [-0.2, -0.15) is 0 Å². The first-order chi connectivity index (χ1) is 42.9. The van der Waals surface area contributed by atoms with Crippen LogP contribution in [0.25, 0.3) is 79.0 Å². The second kappa shape index (κ2) is 27.1. The first kappa shape index (κ1) is 66.6. The summed E-state index contributed by atoms with van der Waals surface area (Å²) in [7, 11) is 0. The number of nitrogens with two attached hydrogens (primary N) is 3. The van der Waals surface area contributed by atoms with Crippen molar-refractivity contribution in [2.75, 3.05) is 47.4 Å². The minimum absolute atomic E-state index is 0. The van der Waals surface area contributed by atoms with Crippen LogP contribution < -0.4 is 32.3 Å². The minimum Gasteiger partial charge on any atom is -0.444 e. The number of carbonyl (C=O) groups is 1. The van der Waals surface area contributed by atoms with E-state index in [2.05, 4.69) is 154 Å². The molecule has 0 bridgehead atoms. The van der Waals surface area contributed by atoms with Gasteiger partial charge < -0.3 is 46.5 Å². The van der Waals surface area contributed by atoms with Crippen LogP contribution in [0.5, 0.6) is 0 Å². The summed E-state index contributed by atoms with van der Waals surface area (Å²) in [5, 5.41) is 3.16. The van der Waals surface area contributed by atoms with Gasteiger partial charge in [-0.25, -0.2) is 34.7 Å². The molecular weight excluding hydrogens is 1220 g/mol. The van der Waals surface area contributed by atoms with E-state index in [-0.39, 0.29) is 67.2 Å². The van der Waals surface area contributed by atoms with E-state index < -0.39 is 17.2 Å². The van der Waals surface area contributed by atoms with Gasteiger partial charge >= 0.3 is 6.09 Å². The molecular formula is C71H81Cl3N14O4. The lowest BCUT2D eigenvalue weighted by Crippen LogP contribution is -2.52. The molecule has 18 nitrogen and oxygen atoms in total. The molecule has 4 atom stereocenters. The number of ether oxygens (including phenoxy) is 3. The SMILES string of the molecule is C[C@@H]1CN(c2cccc(-c3ccc4nc(-c5cccnc5N)n(-c5ccc(C6(N)CCC6)cc5)c4n3)c2)C[C@H](C)O1.C[C@@H]1CN(c2cccc(-c3ccc4nc(-c5cccnc5N)n(-c5ccc(C6(NC(=O)OC(C)(C)C)CCC6)cc5)c4n3)c2)C[C@H](C)O1.Cl.Cl.Cl. The Morgan fingerprint density at radius 3 is 1.34 bits per heavy atom. The number of halogens is 3. The standard InChI is InChI=1S/C38H43N7O3.C33H35N7O.3ClH/c1-24-22-44(23-25(2)47-24)29-10-6-9-26(21-29)31-16-17-32-35(41-31)45(34(42-32)30-11-7-20-40-33(30)39)28-14-12-27(13-15-28)38(18-8-19-38)43-36(46)48-37(3,4)5;1-21-19-39(20-22(2)41-21)26-7-3-6-23(18-26)28-13-14-29-32(37-28)40(31(38-29)27-8-4-17-36-30(27)34)25-11-9-24(10-12-25)33(35)15-5-16-33;;;/h6-7,9-17,20-21,24-25H,8,18-19,22-23H2,1-5H3,(H2,39,40)(H,43,46);3-4,6-14,17-18,21-22H,5,15-16,19-20,35H2,1-2H3,(H2,34,36);3*1H/t24-,25+;21-,22+;;;. The van der Waals surface area contributed by atoms with Gasteiger partial charge in [0, 0.05) is 78.0 Å². The topological polar surface area (TPSA) is 229 Å². The van der Waals surface area contributed by atoms with Gasteiger partial charge in [0.15, 0.2) is 22.9 Å². The number of imidazole rings is 2. The number of amides is 1. The molecule has 10 aromatic rings. The number of pyridine rings is 4. The summed E-state index contributed by atoms with van der Waals surface area (Å²) in [6.45, 7) is 17.5. The van der Waals surface area contributed by atoms with Crippen molar-refractivity contribution in [2.45, 2.75) is 128 Å². The lowest BCUT2D eigenvalue weighted by Gasteiger charge is -2.43. The molecule has 4 aliphatic rings. The molecule has 2 aliphatic carbocycles. The second-order valence-electron chi connectivity index (χ2n) is 25.6. The van der Waals surface area contributed by atoms with Crippen LogP contribution in [-0.2, 0) is 25.3 Å². The molecule has 6 aromatic heterocycles. The Labute approximate surface area is 556 Å². The first-order valence-corrected chi connectivity index (χ1v) is 31.1. The Bertz CT molecular complexity index is 4220. The third-order valence-electron chi connectivity index (χ3n) is 17.6. The number of nitrogens with one attached hydrogen (secondary N) is 1. The maximum Gasteiger partial charge on any atom is 0.408 e. The van der Waals surface area contributed by atoms with Crippen molar-refractivity contribution in [3.63, 3.8) is 0 Å². The van der Waals surface area contributed by atoms with E-state index in [1.807, 2.05) is 73.9 Å². The van der Waals surface area contributed by atoms with Gasteiger partial charge in [-0.15, -0.1) is 37.2 Å². The number of carbonyl (C=O) groups excluding carboxylic acids is 1. The molecule has 2 saturated heterocycles. The molecule has 2 aliphatic heterocycles. The third-order valence-corrected chi connectivity index (χ3v) is 17.6. The van der Waals surface area contributed by atoms with Gasteiger partial charge in [-0.3, -0.25) is 9.13 Å². The number of nitrogens with zero attached hydrogens (tertiary/aromatic N) is 10. The van der Waals surface area contributed by atoms with Crippen LogP contribution in [0.2, 0.25) is 0 Å². The maximum absolute atomic E-state index is 12.8.